The van der Waals surface area contributed by atoms with Gasteiger partial charge in [0, 0.05) is 6.42 Å². The van der Waals surface area contributed by atoms with E-state index in [1.54, 1.807) is 6.08 Å². The molecule has 0 aliphatic carbocycles. The Labute approximate surface area is 308 Å². The van der Waals surface area contributed by atoms with Crippen LogP contribution in [-0.4, -0.2) is 34.9 Å². The molecule has 0 saturated carbocycles. The molecule has 2 atom stereocenters. The van der Waals surface area contributed by atoms with Crippen molar-refractivity contribution in [1.82, 2.24) is 5.32 Å². The molecular weight excluding hydrogens is 615 g/mol. The maximum absolute atomic E-state index is 12.3. The number of unbranched alkanes of at least 4 members (excludes halogenated alkanes) is 11. The molecule has 0 fully saturated rings. The van der Waals surface area contributed by atoms with Crippen LogP contribution in [0.3, 0.4) is 0 Å². The summed E-state index contributed by atoms with van der Waals surface area (Å²) in [5, 5.41) is 22.9. The molecule has 0 aromatic rings. The van der Waals surface area contributed by atoms with Crippen molar-refractivity contribution in [2.24, 2.45) is 0 Å². The molecule has 0 radical (unpaired) electrons. The Morgan fingerprint density at radius 2 is 0.900 bits per heavy atom. The maximum Gasteiger partial charge on any atom is 0.220 e. The number of aliphatic hydroxyl groups is 2. The minimum Gasteiger partial charge on any atom is -0.394 e. The van der Waals surface area contributed by atoms with Gasteiger partial charge in [0.1, 0.15) is 0 Å². The van der Waals surface area contributed by atoms with Crippen LogP contribution >= 0.6 is 0 Å². The van der Waals surface area contributed by atoms with E-state index in [4.69, 9.17) is 0 Å². The van der Waals surface area contributed by atoms with Crippen molar-refractivity contribution < 1.29 is 15.0 Å². The maximum atomic E-state index is 12.3. The largest absolute Gasteiger partial charge is 0.394 e. The lowest BCUT2D eigenvalue weighted by molar-refractivity contribution is -0.122. The van der Waals surface area contributed by atoms with Gasteiger partial charge in [-0.3, -0.25) is 4.79 Å². The molecule has 0 aliphatic rings. The highest BCUT2D eigenvalue weighted by Crippen LogP contribution is 2.11. The third kappa shape index (κ3) is 36.3. The summed E-state index contributed by atoms with van der Waals surface area (Å²) in [6.45, 7) is 4.12. The molecule has 4 heteroatoms. The first-order chi connectivity index (χ1) is 24.7. The smallest absolute Gasteiger partial charge is 0.220 e. The lowest BCUT2D eigenvalue weighted by Crippen LogP contribution is -2.45. The van der Waals surface area contributed by atoms with Crippen molar-refractivity contribution in [1.29, 1.82) is 0 Å². The fourth-order valence-corrected chi connectivity index (χ4v) is 5.17. The van der Waals surface area contributed by atoms with E-state index in [-0.39, 0.29) is 12.5 Å². The highest BCUT2D eigenvalue weighted by atomic mass is 16.3. The monoisotopic (exact) mass is 690 g/mol. The number of carbonyl (C=O) groups excluding carboxylic acids is 1. The van der Waals surface area contributed by atoms with E-state index < -0.39 is 12.1 Å². The average molecular weight is 690 g/mol. The SMILES string of the molecule is CC/C=C\C/C=C\C/C=C\C/C=C\C/C=C\C/C=C\CCC(=O)NC(CO)C(O)/C=C/CC/C=C/CC/C=C/CCCCCCCCCCC. The van der Waals surface area contributed by atoms with Crippen molar-refractivity contribution in [2.45, 2.75) is 167 Å². The summed E-state index contributed by atoms with van der Waals surface area (Å²) in [4.78, 5) is 12.3. The third-order valence-corrected chi connectivity index (χ3v) is 8.23. The van der Waals surface area contributed by atoms with Crippen LogP contribution in [0.1, 0.15) is 155 Å². The topological polar surface area (TPSA) is 69.6 Å². The van der Waals surface area contributed by atoms with Gasteiger partial charge in [-0.2, -0.15) is 0 Å². The van der Waals surface area contributed by atoms with Gasteiger partial charge in [-0.05, 0) is 83.5 Å². The predicted octanol–water partition coefficient (Wildman–Crippen LogP) is 12.5. The normalized spacial score (nSPS) is 14.2. The molecule has 0 aliphatic heterocycles. The molecule has 4 nitrogen and oxygen atoms in total. The number of rotatable bonds is 34. The second kappa shape index (κ2) is 40.5. The molecule has 0 aromatic heterocycles. The molecule has 50 heavy (non-hydrogen) atoms. The minimum atomic E-state index is -0.908. The highest BCUT2D eigenvalue weighted by molar-refractivity contribution is 5.76. The van der Waals surface area contributed by atoms with Crippen LogP contribution in [0.15, 0.2) is 109 Å². The molecule has 0 bridgehead atoms. The first-order valence-corrected chi connectivity index (χ1v) is 20.1. The van der Waals surface area contributed by atoms with Gasteiger partial charge in [-0.15, -0.1) is 0 Å². The summed E-state index contributed by atoms with van der Waals surface area (Å²) >= 11 is 0. The van der Waals surface area contributed by atoms with Gasteiger partial charge in [0.2, 0.25) is 5.91 Å². The van der Waals surface area contributed by atoms with E-state index in [1.807, 2.05) is 12.2 Å². The third-order valence-electron chi connectivity index (χ3n) is 8.23. The lowest BCUT2D eigenvalue weighted by atomic mass is 10.1. The Morgan fingerprint density at radius 1 is 0.500 bits per heavy atom. The molecule has 1 amide bonds. The first-order valence-electron chi connectivity index (χ1n) is 20.1. The standard InChI is InChI=1S/C46H75NO3/c1-3-5-7-9-11-13-15-17-19-21-23-25-27-29-31-33-35-37-39-41-45(49)44(43-48)47-46(50)42-40-38-36-34-32-30-28-26-24-22-20-18-16-14-12-10-8-6-4-2/h6,8,12,14,18,20,23-26,30-33,36,38-39,41,44-45,48-49H,3-5,7,9-11,13,15-17,19,21-22,27-29,34-35,37,40,42-43H2,1-2H3,(H,47,50)/b8-6-,14-12-,20-18-,25-23+,26-24-,32-30-,33-31+,38-36-,41-39+. The van der Waals surface area contributed by atoms with E-state index in [0.717, 1.165) is 64.2 Å². The Balaban J connectivity index is 3.86. The number of hydrogen-bond acceptors (Lipinski definition) is 3. The number of hydrogen-bond donors (Lipinski definition) is 3. The minimum absolute atomic E-state index is 0.166. The molecular formula is C46H75NO3. The average Bonchev–Trinajstić information content (AvgIpc) is 3.12. The van der Waals surface area contributed by atoms with Crippen LogP contribution in [-0.2, 0) is 4.79 Å². The van der Waals surface area contributed by atoms with E-state index in [9.17, 15) is 15.0 Å². The van der Waals surface area contributed by atoms with Crippen molar-refractivity contribution in [3.63, 3.8) is 0 Å². The fourth-order valence-electron chi connectivity index (χ4n) is 5.17. The number of allylic oxidation sites excluding steroid dienone is 17. The number of nitrogens with one attached hydrogen (secondary N) is 1. The van der Waals surface area contributed by atoms with Crippen molar-refractivity contribution in [3.05, 3.63) is 109 Å². The molecule has 282 valence electrons. The van der Waals surface area contributed by atoms with Crippen LogP contribution in [0.5, 0.6) is 0 Å². The Kier molecular flexibility index (Phi) is 38.1. The van der Waals surface area contributed by atoms with Crippen LogP contribution in [0.2, 0.25) is 0 Å². The summed E-state index contributed by atoms with van der Waals surface area (Å²) in [5.41, 5.74) is 0. The lowest BCUT2D eigenvalue weighted by Gasteiger charge is -2.19. The predicted molar refractivity (Wildman–Crippen MR) is 220 cm³/mol. The second-order valence-corrected chi connectivity index (χ2v) is 12.9. The zero-order valence-corrected chi connectivity index (χ0v) is 32.1. The van der Waals surface area contributed by atoms with Crippen LogP contribution in [0.25, 0.3) is 0 Å². The molecule has 0 saturated heterocycles. The Morgan fingerprint density at radius 3 is 1.38 bits per heavy atom. The second-order valence-electron chi connectivity index (χ2n) is 12.9. The summed E-state index contributed by atoms with van der Waals surface area (Å²) < 4.78 is 0. The van der Waals surface area contributed by atoms with E-state index in [0.29, 0.717) is 12.8 Å². The van der Waals surface area contributed by atoms with Crippen molar-refractivity contribution in [3.8, 4) is 0 Å². The fraction of sp³-hybridized carbons (Fsp3) is 0.587. The summed E-state index contributed by atoms with van der Waals surface area (Å²) in [6.07, 6.45) is 61.9. The Bertz CT molecular complexity index is 1010. The molecule has 2 unspecified atom stereocenters. The van der Waals surface area contributed by atoms with Crippen LogP contribution in [0.4, 0.5) is 0 Å². The van der Waals surface area contributed by atoms with Crippen molar-refractivity contribution in [2.75, 3.05) is 6.61 Å². The zero-order valence-electron chi connectivity index (χ0n) is 32.1. The zero-order chi connectivity index (χ0) is 36.4. The van der Waals surface area contributed by atoms with Gasteiger partial charge in [0.05, 0.1) is 18.8 Å². The van der Waals surface area contributed by atoms with Gasteiger partial charge in [0.15, 0.2) is 0 Å². The van der Waals surface area contributed by atoms with Gasteiger partial charge in [-0.1, -0.05) is 175 Å². The molecule has 0 rings (SSSR count). The highest BCUT2D eigenvalue weighted by Gasteiger charge is 2.17. The number of aliphatic hydroxyl groups excluding tert-OH is 2. The van der Waals surface area contributed by atoms with E-state index >= 15 is 0 Å². The molecule has 0 spiro atoms. The van der Waals surface area contributed by atoms with E-state index in [1.165, 1.54) is 64.2 Å². The summed E-state index contributed by atoms with van der Waals surface area (Å²) in [6, 6.07) is -0.693. The number of carbonyl (C=O) groups is 1. The van der Waals surface area contributed by atoms with Crippen molar-refractivity contribution >= 4 is 5.91 Å². The molecule has 3 N–H and O–H groups in total. The van der Waals surface area contributed by atoms with Gasteiger partial charge < -0.3 is 15.5 Å². The van der Waals surface area contributed by atoms with Gasteiger partial charge in [0.25, 0.3) is 0 Å². The summed E-state index contributed by atoms with van der Waals surface area (Å²) in [7, 11) is 0. The first kappa shape index (κ1) is 47.1. The van der Waals surface area contributed by atoms with Gasteiger partial charge >= 0.3 is 0 Å². The quantitative estimate of drug-likeness (QED) is 0.0465. The van der Waals surface area contributed by atoms with Crippen LogP contribution in [0, 0.1) is 0 Å². The Hall–Kier alpha value is -2.95. The van der Waals surface area contributed by atoms with E-state index in [2.05, 4.69) is 110 Å². The molecule has 0 aromatic carbocycles. The van der Waals surface area contributed by atoms with Gasteiger partial charge in [-0.25, -0.2) is 0 Å². The summed E-state index contributed by atoms with van der Waals surface area (Å²) in [5.74, 6) is -0.166. The molecule has 0 heterocycles. The van der Waals surface area contributed by atoms with Crippen LogP contribution < -0.4 is 5.32 Å². The number of amides is 1.